The van der Waals surface area contributed by atoms with Crippen molar-refractivity contribution in [3.63, 3.8) is 0 Å². The van der Waals surface area contributed by atoms with Gasteiger partial charge < -0.3 is 10.8 Å². The molecule has 0 saturated carbocycles. The molecule has 104 valence electrons. The van der Waals surface area contributed by atoms with Crippen LogP contribution in [0.3, 0.4) is 0 Å². The van der Waals surface area contributed by atoms with Gasteiger partial charge in [0.25, 0.3) is 0 Å². The average Bonchev–Trinajstić information content (AvgIpc) is 2.78. The van der Waals surface area contributed by atoms with E-state index in [1.54, 1.807) is 13.1 Å². The third-order valence-corrected chi connectivity index (χ3v) is 3.06. The van der Waals surface area contributed by atoms with Crippen LogP contribution in [0.25, 0.3) is 22.3 Å². The van der Waals surface area contributed by atoms with Crippen LogP contribution in [-0.4, -0.2) is 24.9 Å². The number of aromatic hydroxyl groups is 1. The number of fused-ring (bicyclic) bond motifs is 1. The standard InChI is InChI=1S/C13H9FN6O/c1-20-12-8(5-17-13(16)18-12)10(19-20)6-2-7(4-15)11(21)9(14)3-6/h2-3,5,21H,1H3,(H2,16,17,18). The Kier molecular flexibility index (Phi) is 2.69. The van der Waals surface area contributed by atoms with Crippen molar-refractivity contribution in [3.8, 4) is 23.1 Å². The van der Waals surface area contributed by atoms with Crippen molar-refractivity contribution >= 4 is 17.0 Å². The lowest BCUT2D eigenvalue weighted by atomic mass is 10.1. The van der Waals surface area contributed by atoms with Gasteiger partial charge in [0.05, 0.1) is 10.9 Å². The lowest BCUT2D eigenvalue weighted by molar-refractivity contribution is 0.431. The molecular formula is C13H9FN6O. The summed E-state index contributed by atoms with van der Waals surface area (Å²) in [4.78, 5) is 7.96. The highest BCUT2D eigenvalue weighted by molar-refractivity contribution is 5.91. The minimum atomic E-state index is -0.890. The molecule has 2 aromatic heterocycles. The largest absolute Gasteiger partial charge is 0.504 e. The molecule has 0 aliphatic rings. The number of nitrogens with zero attached hydrogens (tertiary/aromatic N) is 5. The summed E-state index contributed by atoms with van der Waals surface area (Å²) < 4.78 is 15.2. The van der Waals surface area contributed by atoms with Gasteiger partial charge in [-0.15, -0.1) is 0 Å². The molecule has 0 amide bonds. The van der Waals surface area contributed by atoms with Crippen LogP contribution in [-0.2, 0) is 7.05 Å². The molecular weight excluding hydrogens is 275 g/mol. The van der Waals surface area contributed by atoms with E-state index in [4.69, 9.17) is 11.0 Å². The van der Waals surface area contributed by atoms with Crippen LogP contribution < -0.4 is 5.73 Å². The number of nitrogens with two attached hydrogens (primary N) is 1. The minimum absolute atomic E-state index is 0.103. The number of nitriles is 1. The Labute approximate surface area is 118 Å². The Morgan fingerprint density at radius 1 is 1.43 bits per heavy atom. The number of nitrogen functional groups attached to an aromatic ring is 1. The molecule has 0 aliphatic heterocycles. The summed E-state index contributed by atoms with van der Waals surface area (Å²) in [7, 11) is 1.67. The van der Waals surface area contributed by atoms with Crippen LogP contribution in [0.15, 0.2) is 18.3 Å². The zero-order chi connectivity index (χ0) is 15.1. The molecule has 0 radical (unpaired) electrons. The first-order chi connectivity index (χ1) is 10.0. The third kappa shape index (κ3) is 1.92. The lowest BCUT2D eigenvalue weighted by Crippen LogP contribution is -1.97. The van der Waals surface area contributed by atoms with Crippen molar-refractivity contribution < 1.29 is 9.50 Å². The second-order valence-electron chi connectivity index (χ2n) is 4.40. The fourth-order valence-corrected chi connectivity index (χ4v) is 2.09. The van der Waals surface area contributed by atoms with Crippen LogP contribution >= 0.6 is 0 Å². The van der Waals surface area contributed by atoms with Crippen molar-refractivity contribution in [1.29, 1.82) is 5.26 Å². The predicted octanol–water partition coefficient (Wildman–Crippen LogP) is 1.33. The van der Waals surface area contributed by atoms with Crippen LogP contribution in [0.2, 0.25) is 0 Å². The van der Waals surface area contributed by atoms with E-state index in [0.717, 1.165) is 6.07 Å². The van der Waals surface area contributed by atoms with Crippen molar-refractivity contribution in [1.82, 2.24) is 19.7 Å². The van der Waals surface area contributed by atoms with Crippen molar-refractivity contribution in [2.45, 2.75) is 0 Å². The van der Waals surface area contributed by atoms with E-state index in [0.29, 0.717) is 22.3 Å². The Hall–Kier alpha value is -3.21. The van der Waals surface area contributed by atoms with E-state index < -0.39 is 11.6 Å². The minimum Gasteiger partial charge on any atom is -0.504 e. The molecule has 3 aromatic rings. The number of hydrogen-bond donors (Lipinski definition) is 2. The molecule has 1 aromatic carbocycles. The molecule has 3 rings (SSSR count). The maximum Gasteiger partial charge on any atom is 0.222 e. The maximum absolute atomic E-state index is 13.7. The van der Waals surface area contributed by atoms with Gasteiger partial charge in [0, 0.05) is 18.8 Å². The molecule has 0 unspecified atom stereocenters. The van der Waals surface area contributed by atoms with Crippen molar-refractivity contribution in [2.75, 3.05) is 5.73 Å². The van der Waals surface area contributed by atoms with Gasteiger partial charge in [0.1, 0.15) is 11.8 Å². The summed E-state index contributed by atoms with van der Waals surface area (Å²) >= 11 is 0. The molecule has 3 N–H and O–H groups in total. The monoisotopic (exact) mass is 284 g/mol. The van der Waals surface area contributed by atoms with E-state index in [1.807, 2.05) is 0 Å². The number of aromatic nitrogens is 4. The number of aryl methyl sites for hydroxylation is 1. The van der Waals surface area contributed by atoms with Crippen molar-refractivity contribution in [2.24, 2.45) is 7.05 Å². The Balaban J connectivity index is 2.31. The van der Waals surface area contributed by atoms with Gasteiger partial charge in [0.2, 0.25) is 5.95 Å². The summed E-state index contributed by atoms with van der Waals surface area (Å²) in [6, 6.07) is 4.20. The molecule has 0 atom stereocenters. The van der Waals surface area contributed by atoms with E-state index >= 15 is 0 Å². The number of halogens is 1. The van der Waals surface area contributed by atoms with Gasteiger partial charge in [0.15, 0.2) is 17.2 Å². The maximum atomic E-state index is 13.7. The number of benzene rings is 1. The highest BCUT2D eigenvalue weighted by Crippen LogP contribution is 2.31. The summed E-state index contributed by atoms with van der Waals surface area (Å²) in [5.74, 6) is -1.46. The average molecular weight is 284 g/mol. The molecule has 21 heavy (non-hydrogen) atoms. The summed E-state index contributed by atoms with van der Waals surface area (Å²) in [5, 5.41) is 23.2. The Bertz CT molecular complexity index is 911. The van der Waals surface area contributed by atoms with Gasteiger partial charge in [-0.25, -0.2) is 14.1 Å². The molecule has 0 bridgehead atoms. The topological polar surface area (TPSA) is 114 Å². The van der Waals surface area contributed by atoms with Gasteiger partial charge in [-0.1, -0.05) is 0 Å². The first kappa shape index (κ1) is 12.8. The summed E-state index contributed by atoms with van der Waals surface area (Å²) in [6.45, 7) is 0. The zero-order valence-corrected chi connectivity index (χ0v) is 10.9. The van der Waals surface area contributed by atoms with Crippen LogP contribution in [0.1, 0.15) is 5.56 Å². The number of anilines is 1. The van der Waals surface area contributed by atoms with Gasteiger partial charge in [-0.2, -0.15) is 15.3 Å². The van der Waals surface area contributed by atoms with E-state index in [1.165, 1.54) is 16.9 Å². The van der Waals surface area contributed by atoms with Crippen LogP contribution in [0, 0.1) is 17.1 Å². The van der Waals surface area contributed by atoms with E-state index in [9.17, 15) is 9.50 Å². The first-order valence-electron chi connectivity index (χ1n) is 5.89. The fourth-order valence-electron chi connectivity index (χ4n) is 2.09. The van der Waals surface area contributed by atoms with Gasteiger partial charge in [-0.05, 0) is 12.1 Å². The Morgan fingerprint density at radius 3 is 2.90 bits per heavy atom. The zero-order valence-electron chi connectivity index (χ0n) is 10.9. The third-order valence-electron chi connectivity index (χ3n) is 3.06. The molecule has 0 spiro atoms. The number of phenolic OH excluding ortho intramolecular Hbond substituents is 1. The molecule has 0 saturated heterocycles. The number of hydrogen-bond acceptors (Lipinski definition) is 6. The van der Waals surface area contributed by atoms with E-state index in [-0.39, 0.29) is 11.5 Å². The SMILES string of the molecule is Cn1nc(-c2cc(F)c(O)c(C#N)c2)c2cnc(N)nc21. The van der Waals surface area contributed by atoms with Gasteiger partial charge >= 0.3 is 0 Å². The normalized spacial score (nSPS) is 10.7. The second-order valence-corrected chi connectivity index (χ2v) is 4.40. The molecule has 0 fully saturated rings. The molecule has 0 aliphatic carbocycles. The Morgan fingerprint density at radius 2 is 2.19 bits per heavy atom. The molecule has 7 nitrogen and oxygen atoms in total. The highest BCUT2D eigenvalue weighted by Gasteiger charge is 2.17. The van der Waals surface area contributed by atoms with E-state index in [2.05, 4.69) is 15.1 Å². The molecule has 8 heteroatoms. The smallest absolute Gasteiger partial charge is 0.222 e. The predicted molar refractivity (Wildman–Crippen MR) is 72.5 cm³/mol. The quantitative estimate of drug-likeness (QED) is 0.696. The lowest BCUT2D eigenvalue weighted by Gasteiger charge is -2.02. The van der Waals surface area contributed by atoms with Crippen molar-refractivity contribution in [3.05, 3.63) is 29.7 Å². The van der Waals surface area contributed by atoms with Gasteiger partial charge in [-0.3, -0.25) is 0 Å². The van der Waals surface area contributed by atoms with Crippen LogP contribution in [0.4, 0.5) is 10.3 Å². The number of rotatable bonds is 1. The van der Waals surface area contributed by atoms with Crippen LogP contribution in [0.5, 0.6) is 5.75 Å². The molecule has 2 heterocycles. The highest BCUT2D eigenvalue weighted by atomic mass is 19.1. The fraction of sp³-hybridized carbons (Fsp3) is 0.0769. The number of phenols is 1. The second kappa shape index (κ2) is 4.42. The summed E-state index contributed by atoms with van der Waals surface area (Å²) in [6.07, 6.45) is 1.48. The first-order valence-corrected chi connectivity index (χ1v) is 5.89. The summed E-state index contributed by atoms with van der Waals surface area (Å²) in [5.41, 5.74) is 6.61.